The molecular weight excluding hydrogens is 364 g/mol. The highest BCUT2D eigenvalue weighted by Gasteiger charge is 2.32. The minimum Gasteiger partial charge on any atom is -0.383 e. The lowest BCUT2D eigenvalue weighted by Gasteiger charge is -2.23. The number of hydrogen-bond acceptors (Lipinski definition) is 4. The number of methoxy groups -OCH3 is 1. The van der Waals surface area contributed by atoms with Gasteiger partial charge in [0.25, 0.3) is 5.91 Å². The molecule has 0 aromatic heterocycles. The van der Waals surface area contributed by atoms with Crippen LogP contribution in [0.1, 0.15) is 28.4 Å². The van der Waals surface area contributed by atoms with Crippen LogP contribution in [-0.4, -0.2) is 45.2 Å². The normalized spacial score (nSPS) is 15.0. The number of hydrogen-bond donors (Lipinski definition) is 1. The van der Waals surface area contributed by atoms with Gasteiger partial charge in [0.2, 0.25) is 10.0 Å². The maximum Gasteiger partial charge on any atom is 0.255 e. The Morgan fingerprint density at radius 3 is 2.63 bits per heavy atom. The second-order valence-electron chi connectivity index (χ2n) is 7.02. The molecule has 0 fully saturated rings. The van der Waals surface area contributed by atoms with E-state index < -0.39 is 10.0 Å². The summed E-state index contributed by atoms with van der Waals surface area (Å²) < 4.78 is 30.6. The summed E-state index contributed by atoms with van der Waals surface area (Å²) in [5.41, 5.74) is 5.02. The summed E-state index contributed by atoms with van der Waals surface area (Å²) in [6.45, 7) is 4.95. The molecule has 7 heteroatoms. The highest BCUT2D eigenvalue weighted by atomic mass is 32.2. The van der Waals surface area contributed by atoms with Crippen LogP contribution in [0.15, 0.2) is 36.4 Å². The van der Waals surface area contributed by atoms with Crippen LogP contribution in [0.3, 0.4) is 0 Å². The van der Waals surface area contributed by atoms with E-state index >= 15 is 0 Å². The van der Waals surface area contributed by atoms with Gasteiger partial charge in [-0.3, -0.25) is 9.52 Å². The molecule has 27 heavy (non-hydrogen) atoms. The van der Waals surface area contributed by atoms with Gasteiger partial charge in [-0.2, -0.15) is 0 Å². The molecule has 2 aromatic rings. The Balaban J connectivity index is 1.96. The van der Waals surface area contributed by atoms with Crippen LogP contribution >= 0.6 is 0 Å². The molecule has 1 N–H and O–H groups in total. The van der Waals surface area contributed by atoms with Gasteiger partial charge in [0.1, 0.15) is 0 Å². The average Bonchev–Trinajstić information content (AvgIpc) is 2.91. The lowest BCUT2D eigenvalue weighted by molar-refractivity contribution is 0.0588. The molecule has 0 radical (unpaired) electrons. The van der Waals surface area contributed by atoms with Crippen LogP contribution in [0.2, 0.25) is 0 Å². The molecule has 3 rings (SSSR count). The Kier molecular flexibility index (Phi) is 5.26. The summed E-state index contributed by atoms with van der Waals surface area (Å²) in [5, 5.41) is 0. The molecule has 0 spiro atoms. The van der Waals surface area contributed by atoms with Crippen molar-refractivity contribution in [2.24, 2.45) is 0 Å². The number of aryl methyl sites for hydroxylation is 1. The van der Waals surface area contributed by atoms with E-state index in [-0.39, 0.29) is 11.9 Å². The zero-order valence-corrected chi connectivity index (χ0v) is 16.8. The Morgan fingerprint density at radius 2 is 1.96 bits per heavy atom. The molecule has 1 atom stereocenters. The molecule has 2 aromatic carbocycles. The van der Waals surface area contributed by atoms with E-state index in [0.717, 1.165) is 34.1 Å². The van der Waals surface area contributed by atoms with Crippen LogP contribution < -0.4 is 4.72 Å². The van der Waals surface area contributed by atoms with Crippen LogP contribution in [0.25, 0.3) is 11.1 Å². The van der Waals surface area contributed by atoms with Crippen molar-refractivity contribution in [1.29, 1.82) is 0 Å². The first kappa shape index (κ1) is 19.4. The largest absolute Gasteiger partial charge is 0.383 e. The summed E-state index contributed by atoms with van der Waals surface area (Å²) in [6, 6.07) is 11.2. The second-order valence-corrected chi connectivity index (χ2v) is 8.77. The van der Waals surface area contributed by atoms with Crippen molar-refractivity contribution < 1.29 is 17.9 Å². The quantitative estimate of drug-likeness (QED) is 0.825. The summed E-state index contributed by atoms with van der Waals surface area (Å²) in [6.07, 6.45) is 1.13. The van der Waals surface area contributed by atoms with E-state index in [9.17, 15) is 13.2 Å². The second kappa shape index (κ2) is 7.32. The van der Waals surface area contributed by atoms with Gasteiger partial charge in [-0.05, 0) is 54.3 Å². The molecule has 1 aliphatic rings. The summed E-state index contributed by atoms with van der Waals surface area (Å²) >= 11 is 0. The molecule has 144 valence electrons. The third-order valence-electron chi connectivity index (χ3n) is 4.67. The number of benzene rings is 2. The Bertz CT molecular complexity index is 985. The van der Waals surface area contributed by atoms with E-state index in [4.69, 9.17) is 4.74 Å². The van der Waals surface area contributed by atoms with Gasteiger partial charge in [-0.25, -0.2) is 8.42 Å². The first-order chi connectivity index (χ1) is 12.7. The van der Waals surface area contributed by atoms with Gasteiger partial charge in [-0.1, -0.05) is 18.2 Å². The number of fused-ring (bicyclic) bond motifs is 1. The highest BCUT2D eigenvalue weighted by Crippen LogP contribution is 2.33. The lowest BCUT2D eigenvalue weighted by atomic mass is 9.96. The number of carbonyl (C=O) groups excluding carboxylic acids is 1. The minimum atomic E-state index is -3.34. The van der Waals surface area contributed by atoms with Gasteiger partial charge in [0.05, 0.1) is 18.9 Å². The number of ether oxygens (including phenoxy) is 1. The maximum atomic E-state index is 12.8. The Morgan fingerprint density at radius 1 is 1.22 bits per heavy atom. The number of nitrogens with zero attached hydrogens (tertiary/aromatic N) is 1. The zero-order valence-electron chi connectivity index (χ0n) is 15.9. The van der Waals surface area contributed by atoms with Crippen molar-refractivity contribution in [2.45, 2.75) is 26.4 Å². The van der Waals surface area contributed by atoms with Crippen LogP contribution in [-0.2, 0) is 21.3 Å². The number of sulfonamides is 1. The van der Waals surface area contributed by atoms with Crippen molar-refractivity contribution in [3.63, 3.8) is 0 Å². The number of rotatable bonds is 6. The summed E-state index contributed by atoms with van der Waals surface area (Å²) in [5.74, 6) is 0.0334. The number of carbonyl (C=O) groups is 1. The fourth-order valence-corrected chi connectivity index (χ4v) is 4.08. The average molecular weight is 388 g/mol. The van der Waals surface area contributed by atoms with E-state index in [0.29, 0.717) is 18.8 Å². The van der Waals surface area contributed by atoms with Gasteiger partial charge in [0, 0.05) is 24.9 Å². The van der Waals surface area contributed by atoms with Crippen LogP contribution in [0.4, 0.5) is 5.69 Å². The van der Waals surface area contributed by atoms with E-state index in [1.54, 1.807) is 19.2 Å². The number of nitrogens with one attached hydrogen (secondary N) is 1. The Labute approximate surface area is 160 Å². The van der Waals surface area contributed by atoms with Crippen molar-refractivity contribution in [1.82, 2.24) is 4.90 Å². The van der Waals surface area contributed by atoms with Gasteiger partial charge in [0.15, 0.2) is 0 Å². The third kappa shape index (κ3) is 4.14. The number of anilines is 1. The van der Waals surface area contributed by atoms with Crippen LogP contribution in [0, 0.1) is 6.92 Å². The van der Waals surface area contributed by atoms with E-state index in [1.807, 2.05) is 43.0 Å². The van der Waals surface area contributed by atoms with E-state index in [1.165, 1.54) is 0 Å². The highest BCUT2D eigenvalue weighted by molar-refractivity contribution is 7.92. The fraction of sp³-hybridized carbons (Fsp3) is 0.350. The number of amides is 1. The van der Waals surface area contributed by atoms with Crippen molar-refractivity contribution in [2.75, 3.05) is 24.7 Å². The van der Waals surface area contributed by atoms with Crippen molar-refractivity contribution in [3.05, 3.63) is 53.1 Å². The predicted molar refractivity (Wildman–Crippen MR) is 106 cm³/mol. The minimum absolute atomic E-state index is 0.0000359. The monoisotopic (exact) mass is 388 g/mol. The first-order valence-electron chi connectivity index (χ1n) is 8.71. The molecule has 6 nitrogen and oxygen atoms in total. The maximum absolute atomic E-state index is 12.8. The van der Waals surface area contributed by atoms with Gasteiger partial charge >= 0.3 is 0 Å². The van der Waals surface area contributed by atoms with E-state index in [2.05, 4.69) is 4.72 Å². The first-order valence-corrected chi connectivity index (χ1v) is 10.6. The third-order valence-corrected chi connectivity index (χ3v) is 5.28. The molecule has 0 saturated carbocycles. The van der Waals surface area contributed by atoms with Crippen molar-refractivity contribution in [3.8, 4) is 11.1 Å². The van der Waals surface area contributed by atoms with Gasteiger partial charge in [-0.15, -0.1) is 0 Å². The van der Waals surface area contributed by atoms with Crippen LogP contribution in [0.5, 0.6) is 0 Å². The molecule has 0 aliphatic carbocycles. The van der Waals surface area contributed by atoms with Gasteiger partial charge < -0.3 is 9.64 Å². The Hall–Kier alpha value is -2.38. The summed E-state index contributed by atoms with van der Waals surface area (Å²) in [7, 11) is -1.71. The van der Waals surface area contributed by atoms with Crippen molar-refractivity contribution >= 4 is 21.6 Å². The SMILES string of the molecule is COCC(C)N1Cc2cc(-c3cccc(NS(C)(=O)=O)c3)cc(C)c2C1=O. The summed E-state index contributed by atoms with van der Waals surface area (Å²) in [4.78, 5) is 14.6. The molecule has 1 aliphatic heterocycles. The topological polar surface area (TPSA) is 75.7 Å². The molecule has 0 bridgehead atoms. The molecule has 1 unspecified atom stereocenters. The zero-order chi connectivity index (χ0) is 19.8. The molecule has 1 heterocycles. The smallest absolute Gasteiger partial charge is 0.255 e. The molecular formula is C20H24N2O4S. The molecule has 0 saturated heterocycles. The standard InChI is InChI=1S/C20H24N2O4S/c1-13-8-16(15-6-5-7-18(10-15)21-27(4,24)25)9-17-11-22(14(2)12-26-3)20(23)19(13)17/h5-10,14,21H,11-12H2,1-4H3. The predicted octanol–water partition coefficient (Wildman–Crippen LogP) is 3.02. The fourth-order valence-electron chi connectivity index (χ4n) is 3.52. The molecule has 1 amide bonds. The lowest BCUT2D eigenvalue weighted by Crippen LogP contribution is -2.36.